The van der Waals surface area contributed by atoms with Crippen LogP contribution in [-0.4, -0.2) is 74.8 Å². The number of anilines is 3. The normalized spacial score (nSPS) is 14.6. The van der Waals surface area contributed by atoms with Gasteiger partial charge in [-0.25, -0.2) is 14.8 Å². The van der Waals surface area contributed by atoms with Crippen molar-refractivity contribution in [3.05, 3.63) is 70.6 Å². The molecule has 208 valence electrons. The Morgan fingerprint density at radius 1 is 1.10 bits per heavy atom. The molecular formula is C29H33ClN8O2. The Bertz CT molecular complexity index is 1700. The van der Waals surface area contributed by atoms with E-state index >= 15 is 0 Å². The Morgan fingerprint density at radius 3 is 2.65 bits per heavy atom. The Kier molecular flexibility index (Phi) is 7.22. The second kappa shape index (κ2) is 11.0. The van der Waals surface area contributed by atoms with Crippen LogP contribution in [-0.2, 0) is 11.3 Å². The number of nitrogens with zero attached hydrogens (tertiary/aromatic N) is 6. The summed E-state index contributed by atoms with van der Waals surface area (Å²) < 4.78 is 8.68. The van der Waals surface area contributed by atoms with Crippen LogP contribution >= 0.6 is 11.6 Å². The van der Waals surface area contributed by atoms with Crippen LogP contribution < -0.4 is 15.9 Å². The van der Waals surface area contributed by atoms with E-state index in [2.05, 4.69) is 45.0 Å². The summed E-state index contributed by atoms with van der Waals surface area (Å²) in [5.41, 5.74) is 5.67. The maximum atomic E-state index is 12.5. The Labute approximate surface area is 237 Å². The first-order chi connectivity index (χ1) is 19.4. The lowest BCUT2D eigenvalue weighted by Gasteiger charge is -2.38. The van der Waals surface area contributed by atoms with E-state index in [0.717, 1.165) is 65.5 Å². The largest absolute Gasteiger partial charge is 0.383 e. The predicted molar refractivity (Wildman–Crippen MR) is 160 cm³/mol. The summed E-state index contributed by atoms with van der Waals surface area (Å²) >= 11 is 6.86. The number of fused-ring (bicyclic) bond motifs is 2. The summed E-state index contributed by atoms with van der Waals surface area (Å²) in [6.45, 7) is 9.52. The summed E-state index contributed by atoms with van der Waals surface area (Å²) in [5.74, 6) is 0.720. The number of hydrogen-bond donors (Lipinski definition) is 2. The standard InChI is InChI=1S/C29H33ClN8O2/c1-19(2)35-10-12-36(13-11-35)21-5-7-26(32-18-21)33-24-17-22(27(30)38-9-8-31-28(24)38)20-4-6-25-23(16-20)34-29(39)37(25)14-15-40-3/h4-9,16-19H,10-15H2,1-3H3,(H,32,33)(H,34,39). The summed E-state index contributed by atoms with van der Waals surface area (Å²) in [6, 6.07) is 12.5. The monoisotopic (exact) mass is 560 g/mol. The Hall–Kier alpha value is -3.86. The number of ether oxygens (including phenoxy) is 1. The molecule has 5 heterocycles. The number of pyridine rings is 2. The van der Waals surface area contributed by atoms with E-state index in [9.17, 15) is 4.79 Å². The van der Waals surface area contributed by atoms with Gasteiger partial charge in [-0.2, -0.15) is 0 Å². The molecule has 5 aromatic rings. The van der Waals surface area contributed by atoms with E-state index in [1.165, 1.54) is 0 Å². The molecular weight excluding hydrogens is 528 g/mol. The zero-order valence-electron chi connectivity index (χ0n) is 22.9. The number of aromatic nitrogens is 5. The third kappa shape index (κ3) is 4.94. The minimum absolute atomic E-state index is 0.168. The molecule has 11 heteroatoms. The molecule has 10 nitrogen and oxygen atoms in total. The van der Waals surface area contributed by atoms with Gasteiger partial charge in [-0.05, 0) is 49.7 Å². The van der Waals surface area contributed by atoms with Crippen LogP contribution in [0.25, 0.3) is 27.8 Å². The highest BCUT2D eigenvalue weighted by molar-refractivity contribution is 6.32. The van der Waals surface area contributed by atoms with Gasteiger partial charge in [-0.3, -0.25) is 13.9 Å². The second-order valence-electron chi connectivity index (χ2n) is 10.3. The van der Waals surface area contributed by atoms with E-state index in [0.29, 0.717) is 30.0 Å². The number of halogens is 1. The molecule has 1 saturated heterocycles. The van der Waals surface area contributed by atoms with Crippen LogP contribution in [0.5, 0.6) is 0 Å². The topological polar surface area (TPSA) is 95.7 Å². The van der Waals surface area contributed by atoms with Gasteiger partial charge in [0.05, 0.1) is 41.8 Å². The maximum Gasteiger partial charge on any atom is 0.326 e. The SMILES string of the molecule is COCCn1c(=O)[nH]c2cc(-c3cc(Nc4ccc(N5CCN(C(C)C)CC5)cn4)c4nccn4c3Cl)ccc21. The minimum atomic E-state index is -0.168. The van der Waals surface area contributed by atoms with Crippen molar-refractivity contribution in [3.63, 3.8) is 0 Å². The van der Waals surface area contributed by atoms with Crippen molar-refractivity contribution >= 4 is 45.5 Å². The van der Waals surface area contributed by atoms with Gasteiger partial charge in [0.25, 0.3) is 0 Å². The lowest BCUT2D eigenvalue weighted by molar-refractivity contribution is 0.187. The lowest BCUT2D eigenvalue weighted by atomic mass is 10.1. The highest BCUT2D eigenvalue weighted by Crippen LogP contribution is 2.35. The van der Waals surface area contributed by atoms with E-state index < -0.39 is 0 Å². The molecule has 6 rings (SSSR count). The van der Waals surface area contributed by atoms with E-state index in [1.807, 2.05) is 47.1 Å². The highest BCUT2D eigenvalue weighted by Gasteiger charge is 2.20. The third-order valence-corrected chi connectivity index (χ3v) is 8.01. The molecule has 0 radical (unpaired) electrons. The smallest absolute Gasteiger partial charge is 0.326 e. The van der Waals surface area contributed by atoms with Crippen molar-refractivity contribution in [1.29, 1.82) is 0 Å². The fourth-order valence-corrected chi connectivity index (χ4v) is 5.67. The molecule has 4 aromatic heterocycles. The average Bonchev–Trinajstić information content (AvgIpc) is 3.58. The van der Waals surface area contributed by atoms with E-state index in [4.69, 9.17) is 21.3 Å². The lowest BCUT2D eigenvalue weighted by Crippen LogP contribution is -2.48. The fourth-order valence-electron chi connectivity index (χ4n) is 5.37. The number of H-pyrrole nitrogens is 1. The molecule has 1 fully saturated rings. The molecule has 1 aromatic carbocycles. The Morgan fingerprint density at radius 2 is 1.93 bits per heavy atom. The number of nitrogens with one attached hydrogen (secondary N) is 2. The number of aromatic amines is 1. The number of hydrogen-bond acceptors (Lipinski definition) is 7. The van der Waals surface area contributed by atoms with Crippen LogP contribution in [0.3, 0.4) is 0 Å². The number of methoxy groups -OCH3 is 1. The summed E-state index contributed by atoms with van der Waals surface area (Å²) in [7, 11) is 1.62. The van der Waals surface area contributed by atoms with Gasteiger partial charge in [-0.15, -0.1) is 0 Å². The van der Waals surface area contributed by atoms with E-state index in [-0.39, 0.29) is 5.69 Å². The van der Waals surface area contributed by atoms with Crippen molar-refractivity contribution < 1.29 is 4.74 Å². The minimum Gasteiger partial charge on any atom is -0.383 e. The van der Waals surface area contributed by atoms with Crippen LogP contribution in [0.4, 0.5) is 17.2 Å². The highest BCUT2D eigenvalue weighted by atomic mass is 35.5. The third-order valence-electron chi connectivity index (χ3n) is 7.63. The van der Waals surface area contributed by atoms with Gasteiger partial charge < -0.3 is 19.9 Å². The molecule has 40 heavy (non-hydrogen) atoms. The number of piperazine rings is 1. The number of imidazole rings is 2. The van der Waals surface area contributed by atoms with Crippen LogP contribution in [0.2, 0.25) is 5.15 Å². The predicted octanol–water partition coefficient (Wildman–Crippen LogP) is 4.61. The van der Waals surface area contributed by atoms with Gasteiger partial charge in [0.2, 0.25) is 0 Å². The molecule has 0 bridgehead atoms. The van der Waals surface area contributed by atoms with Crippen molar-refractivity contribution in [2.24, 2.45) is 0 Å². The van der Waals surface area contributed by atoms with Crippen molar-refractivity contribution in [2.75, 3.05) is 50.1 Å². The molecule has 1 aliphatic rings. The number of rotatable bonds is 8. The van der Waals surface area contributed by atoms with Crippen LogP contribution in [0.1, 0.15) is 13.8 Å². The van der Waals surface area contributed by atoms with E-state index in [1.54, 1.807) is 17.9 Å². The van der Waals surface area contributed by atoms with Crippen molar-refractivity contribution in [1.82, 2.24) is 28.8 Å². The van der Waals surface area contributed by atoms with Gasteiger partial charge in [-0.1, -0.05) is 17.7 Å². The Balaban J connectivity index is 1.29. The fraction of sp³-hybridized carbons (Fsp3) is 0.345. The summed E-state index contributed by atoms with van der Waals surface area (Å²) in [5, 5.41) is 3.97. The van der Waals surface area contributed by atoms with Gasteiger partial charge in [0.1, 0.15) is 11.0 Å². The first-order valence-corrected chi connectivity index (χ1v) is 13.9. The van der Waals surface area contributed by atoms with Gasteiger partial charge in [0, 0.05) is 57.3 Å². The molecule has 1 aliphatic heterocycles. The summed E-state index contributed by atoms with van der Waals surface area (Å²) in [4.78, 5) is 29.6. The number of benzene rings is 1. The zero-order chi connectivity index (χ0) is 27.8. The molecule has 0 unspecified atom stereocenters. The van der Waals surface area contributed by atoms with Crippen molar-refractivity contribution in [2.45, 2.75) is 26.4 Å². The first kappa shape index (κ1) is 26.4. The molecule has 0 aliphatic carbocycles. The van der Waals surface area contributed by atoms with Crippen LogP contribution in [0, 0.1) is 0 Å². The van der Waals surface area contributed by atoms with Gasteiger partial charge in [0.15, 0.2) is 5.65 Å². The molecule has 0 spiro atoms. The quantitative estimate of drug-likeness (QED) is 0.267. The molecule has 0 amide bonds. The molecule has 2 N–H and O–H groups in total. The van der Waals surface area contributed by atoms with Crippen molar-refractivity contribution in [3.8, 4) is 11.1 Å². The average molecular weight is 561 g/mol. The molecule has 0 saturated carbocycles. The summed E-state index contributed by atoms with van der Waals surface area (Å²) in [6.07, 6.45) is 5.48. The second-order valence-corrected chi connectivity index (χ2v) is 10.7. The van der Waals surface area contributed by atoms with Gasteiger partial charge >= 0.3 is 5.69 Å². The van der Waals surface area contributed by atoms with Crippen LogP contribution in [0.15, 0.2) is 59.8 Å². The maximum absolute atomic E-state index is 12.5. The first-order valence-electron chi connectivity index (χ1n) is 13.5. The molecule has 0 atom stereocenters. The zero-order valence-corrected chi connectivity index (χ0v) is 23.6.